The minimum absolute atomic E-state index is 0.0779. The highest BCUT2D eigenvalue weighted by atomic mass is 19.2. The Hall–Kier alpha value is -1.98. The van der Waals surface area contributed by atoms with Gasteiger partial charge in [0.15, 0.2) is 17.6 Å². The summed E-state index contributed by atoms with van der Waals surface area (Å²) < 4.78 is 38.7. The maximum atomic E-state index is 13.2. The van der Waals surface area contributed by atoms with Crippen LogP contribution in [0.3, 0.4) is 0 Å². The van der Waals surface area contributed by atoms with Crippen LogP contribution in [0.5, 0.6) is 0 Å². The van der Waals surface area contributed by atoms with Crippen molar-refractivity contribution < 1.29 is 13.2 Å². The number of nitrogen functional groups attached to an aromatic ring is 1. The molecular formula is C9H6F3N3. The van der Waals surface area contributed by atoms with Gasteiger partial charge in [-0.05, 0) is 6.07 Å². The Kier molecular flexibility index (Phi) is 2.11. The van der Waals surface area contributed by atoms with Gasteiger partial charge in [0.2, 0.25) is 0 Å². The number of aromatic amines is 1. The number of aromatic nitrogens is 2. The molecule has 0 aliphatic carbocycles. The minimum atomic E-state index is -1.23. The first-order valence-corrected chi connectivity index (χ1v) is 4.03. The van der Waals surface area contributed by atoms with Crippen molar-refractivity contribution in [1.29, 1.82) is 0 Å². The molecule has 1 aromatic heterocycles. The molecule has 0 saturated carbocycles. The first-order valence-electron chi connectivity index (χ1n) is 4.03. The number of nitrogens with zero attached hydrogens (tertiary/aromatic N) is 1. The van der Waals surface area contributed by atoms with Gasteiger partial charge in [0.25, 0.3) is 0 Å². The second-order valence-electron chi connectivity index (χ2n) is 2.93. The monoisotopic (exact) mass is 213 g/mol. The zero-order chi connectivity index (χ0) is 11.0. The topological polar surface area (TPSA) is 54.7 Å². The van der Waals surface area contributed by atoms with Crippen molar-refractivity contribution >= 4 is 5.95 Å². The Bertz CT molecular complexity index is 507. The smallest absolute Gasteiger partial charge is 0.197 e. The van der Waals surface area contributed by atoms with Crippen LogP contribution in [0.2, 0.25) is 0 Å². The van der Waals surface area contributed by atoms with Crippen molar-refractivity contribution in [3.63, 3.8) is 0 Å². The molecular weight excluding hydrogens is 207 g/mol. The molecule has 15 heavy (non-hydrogen) atoms. The Labute approximate surface area is 82.8 Å². The summed E-state index contributed by atoms with van der Waals surface area (Å²) in [5.74, 6) is -3.16. The van der Waals surface area contributed by atoms with E-state index < -0.39 is 17.5 Å². The quantitative estimate of drug-likeness (QED) is 0.712. The number of imidazole rings is 1. The highest BCUT2D eigenvalue weighted by molar-refractivity contribution is 5.60. The van der Waals surface area contributed by atoms with E-state index in [2.05, 4.69) is 9.97 Å². The molecule has 78 valence electrons. The maximum Gasteiger partial charge on any atom is 0.197 e. The van der Waals surface area contributed by atoms with Crippen LogP contribution >= 0.6 is 0 Å². The fraction of sp³-hybridized carbons (Fsp3) is 0. The predicted molar refractivity (Wildman–Crippen MR) is 48.3 cm³/mol. The third-order valence-corrected chi connectivity index (χ3v) is 1.90. The van der Waals surface area contributed by atoms with Crippen LogP contribution in [-0.4, -0.2) is 9.97 Å². The van der Waals surface area contributed by atoms with Gasteiger partial charge in [0.05, 0.1) is 11.9 Å². The average Bonchev–Trinajstić information content (AvgIpc) is 2.58. The van der Waals surface area contributed by atoms with Crippen LogP contribution in [0, 0.1) is 17.5 Å². The van der Waals surface area contributed by atoms with Crippen molar-refractivity contribution in [3.05, 3.63) is 35.8 Å². The number of nitrogens with two attached hydrogens (primary N) is 1. The normalized spacial score (nSPS) is 10.6. The Balaban J connectivity index is 2.58. The Morgan fingerprint density at radius 2 is 1.73 bits per heavy atom. The fourth-order valence-corrected chi connectivity index (χ4v) is 1.20. The largest absolute Gasteiger partial charge is 0.369 e. The molecule has 0 unspecified atom stereocenters. The molecule has 0 aliphatic heterocycles. The van der Waals surface area contributed by atoms with Gasteiger partial charge in [-0.25, -0.2) is 18.2 Å². The van der Waals surface area contributed by atoms with E-state index in [0.717, 1.165) is 6.07 Å². The van der Waals surface area contributed by atoms with E-state index in [4.69, 9.17) is 5.73 Å². The van der Waals surface area contributed by atoms with Crippen LogP contribution in [0.25, 0.3) is 11.3 Å². The molecule has 0 radical (unpaired) electrons. The standard InChI is InChI=1S/C9H6F3N3/c10-5-2-7(12)6(11)1-4(5)8-3-14-9(13)15-8/h1-3H,(H3,13,14,15). The van der Waals surface area contributed by atoms with E-state index >= 15 is 0 Å². The van der Waals surface area contributed by atoms with Crippen molar-refractivity contribution in [1.82, 2.24) is 9.97 Å². The molecule has 1 aromatic carbocycles. The molecule has 0 bridgehead atoms. The van der Waals surface area contributed by atoms with Gasteiger partial charge >= 0.3 is 0 Å². The van der Waals surface area contributed by atoms with Crippen LogP contribution in [-0.2, 0) is 0 Å². The zero-order valence-electron chi connectivity index (χ0n) is 7.39. The molecule has 6 heteroatoms. The molecule has 3 nitrogen and oxygen atoms in total. The number of rotatable bonds is 1. The maximum absolute atomic E-state index is 13.2. The fourth-order valence-electron chi connectivity index (χ4n) is 1.20. The number of nitrogens with one attached hydrogen (secondary N) is 1. The first kappa shape index (κ1) is 9.57. The number of hydrogen-bond acceptors (Lipinski definition) is 2. The van der Waals surface area contributed by atoms with Gasteiger partial charge in [0.1, 0.15) is 5.82 Å². The lowest BCUT2D eigenvalue weighted by molar-refractivity contribution is 0.496. The zero-order valence-corrected chi connectivity index (χ0v) is 7.39. The van der Waals surface area contributed by atoms with E-state index in [-0.39, 0.29) is 17.2 Å². The molecule has 0 amide bonds. The van der Waals surface area contributed by atoms with Crippen molar-refractivity contribution in [2.45, 2.75) is 0 Å². The lowest BCUT2D eigenvalue weighted by Gasteiger charge is -2.00. The van der Waals surface area contributed by atoms with Crippen LogP contribution in [0.1, 0.15) is 0 Å². The molecule has 0 atom stereocenters. The van der Waals surface area contributed by atoms with Gasteiger partial charge in [-0.2, -0.15) is 0 Å². The van der Waals surface area contributed by atoms with E-state index in [9.17, 15) is 13.2 Å². The molecule has 0 spiro atoms. The van der Waals surface area contributed by atoms with Gasteiger partial charge in [-0.1, -0.05) is 0 Å². The van der Waals surface area contributed by atoms with Crippen LogP contribution < -0.4 is 5.73 Å². The number of halogens is 3. The molecule has 1 heterocycles. The second-order valence-corrected chi connectivity index (χ2v) is 2.93. The summed E-state index contributed by atoms with van der Waals surface area (Å²) in [5, 5.41) is 0. The number of hydrogen-bond donors (Lipinski definition) is 2. The number of benzene rings is 1. The summed E-state index contributed by atoms with van der Waals surface area (Å²) in [6.45, 7) is 0. The molecule has 2 rings (SSSR count). The van der Waals surface area contributed by atoms with Crippen molar-refractivity contribution in [3.8, 4) is 11.3 Å². The minimum Gasteiger partial charge on any atom is -0.369 e. The van der Waals surface area contributed by atoms with Crippen LogP contribution in [0.4, 0.5) is 19.1 Å². The van der Waals surface area contributed by atoms with Gasteiger partial charge in [0, 0.05) is 11.6 Å². The van der Waals surface area contributed by atoms with Gasteiger partial charge in [-0.3, -0.25) is 0 Å². The SMILES string of the molecule is Nc1ncc(-c2cc(F)c(F)cc2F)[nH]1. The van der Waals surface area contributed by atoms with Crippen LogP contribution in [0.15, 0.2) is 18.3 Å². The number of H-pyrrole nitrogens is 1. The second kappa shape index (κ2) is 3.30. The highest BCUT2D eigenvalue weighted by Crippen LogP contribution is 2.23. The summed E-state index contributed by atoms with van der Waals surface area (Å²) >= 11 is 0. The van der Waals surface area contributed by atoms with E-state index in [1.807, 2.05) is 0 Å². The number of anilines is 1. The summed E-state index contributed by atoms with van der Waals surface area (Å²) in [5.41, 5.74) is 5.36. The lowest BCUT2D eigenvalue weighted by atomic mass is 10.1. The van der Waals surface area contributed by atoms with E-state index in [1.54, 1.807) is 0 Å². The molecule has 0 fully saturated rings. The van der Waals surface area contributed by atoms with Gasteiger partial charge < -0.3 is 10.7 Å². The summed E-state index contributed by atoms with van der Waals surface area (Å²) in [6.07, 6.45) is 1.24. The van der Waals surface area contributed by atoms with E-state index in [0.29, 0.717) is 6.07 Å². The molecule has 3 N–H and O–H groups in total. The molecule has 0 saturated heterocycles. The third kappa shape index (κ3) is 1.65. The Morgan fingerprint density at radius 1 is 1.07 bits per heavy atom. The van der Waals surface area contributed by atoms with E-state index in [1.165, 1.54) is 6.20 Å². The highest BCUT2D eigenvalue weighted by Gasteiger charge is 2.12. The molecule has 0 aliphatic rings. The predicted octanol–water partition coefficient (Wildman–Crippen LogP) is 2.08. The average molecular weight is 213 g/mol. The lowest BCUT2D eigenvalue weighted by Crippen LogP contribution is -1.92. The molecule has 2 aromatic rings. The first-order chi connectivity index (χ1) is 7.08. The Morgan fingerprint density at radius 3 is 2.33 bits per heavy atom. The van der Waals surface area contributed by atoms with Gasteiger partial charge in [-0.15, -0.1) is 0 Å². The summed E-state index contributed by atoms with van der Waals surface area (Å²) in [7, 11) is 0. The third-order valence-electron chi connectivity index (χ3n) is 1.90. The van der Waals surface area contributed by atoms with Crippen molar-refractivity contribution in [2.75, 3.05) is 5.73 Å². The van der Waals surface area contributed by atoms with Crippen molar-refractivity contribution in [2.24, 2.45) is 0 Å². The summed E-state index contributed by atoms with van der Waals surface area (Å²) in [4.78, 5) is 6.14. The summed E-state index contributed by atoms with van der Waals surface area (Å²) in [6, 6.07) is 1.22.